The summed E-state index contributed by atoms with van der Waals surface area (Å²) in [7, 11) is 1.59. The van der Waals surface area contributed by atoms with E-state index in [1.54, 1.807) is 35.7 Å². The van der Waals surface area contributed by atoms with Crippen molar-refractivity contribution in [3.8, 4) is 17.0 Å². The zero-order valence-electron chi connectivity index (χ0n) is 20.6. The number of ether oxygens (including phenoxy) is 1. The molecule has 4 aromatic rings. The number of hydrogen-bond donors (Lipinski definition) is 1. The van der Waals surface area contributed by atoms with Crippen molar-refractivity contribution in [2.75, 3.05) is 7.11 Å². The summed E-state index contributed by atoms with van der Waals surface area (Å²) in [5, 5.41) is 8.25. The third kappa shape index (κ3) is 4.70. The van der Waals surface area contributed by atoms with Gasteiger partial charge in [0.05, 0.1) is 19.3 Å². The Morgan fingerprint density at radius 1 is 1.03 bits per heavy atom. The first-order valence-electron chi connectivity index (χ1n) is 12.0. The van der Waals surface area contributed by atoms with E-state index in [1.807, 2.05) is 72.8 Å². The molecule has 188 valence electrons. The summed E-state index contributed by atoms with van der Waals surface area (Å²) in [4.78, 5) is 29.3. The third-order valence-corrected chi connectivity index (χ3v) is 7.14. The number of hydrogen-bond acceptors (Lipinski definition) is 4. The smallest absolute Gasteiger partial charge is 0.273 e. The number of benzene rings is 3. The molecule has 5 rings (SSSR count). The molecular formula is C29H27ClN4O3. The van der Waals surface area contributed by atoms with E-state index in [2.05, 4.69) is 5.32 Å². The lowest BCUT2D eigenvalue weighted by Gasteiger charge is -2.43. The van der Waals surface area contributed by atoms with E-state index in [-0.39, 0.29) is 31.4 Å². The van der Waals surface area contributed by atoms with Gasteiger partial charge < -0.3 is 15.0 Å². The predicted octanol–water partition coefficient (Wildman–Crippen LogP) is 4.94. The molecule has 37 heavy (non-hydrogen) atoms. The molecule has 0 aliphatic carbocycles. The Bertz CT molecular complexity index is 1450. The van der Waals surface area contributed by atoms with Crippen LogP contribution in [0.4, 0.5) is 0 Å². The van der Waals surface area contributed by atoms with Crippen molar-refractivity contribution >= 4 is 23.4 Å². The molecule has 0 saturated heterocycles. The first-order valence-corrected chi connectivity index (χ1v) is 12.4. The molecule has 1 N–H and O–H groups in total. The van der Waals surface area contributed by atoms with Crippen molar-refractivity contribution in [2.45, 2.75) is 32.1 Å². The summed E-state index contributed by atoms with van der Waals surface area (Å²) in [5.74, 6) is 0.111. The van der Waals surface area contributed by atoms with Crippen LogP contribution in [-0.2, 0) is 24.4 Å². The number of rotatable bonds is 7. The molecule has 0 bridgehead atoms. The minimum Gasteiger partial charge on any atom is -0.496 e. The molecule has 2 heterocycles. The Labute approximate surface area is 220 Å². The van der Waals surface area contributed by atoms with Gasteiger partial charge in [-0.15, -0.1) is 0 Å². The fraction of sp³-hybridized carbons (Fsp3) is 0.207. The maximum Gasteiger partial charge on any atom is 0.273 e. The van der Waals surface area contributed by atoms with Gasteiger partial charge in [-0.25, -0.2) is 0 Å². The lowest BCUT2D eigenvalue weighted by Crippen LogP contribution is -2.63. The van der Waals surface area contributed by atoms with Gasteiger partial charge in [0.2, 0.25) is 5.91 Å². The van der Waals surface area contributed by atoms with Crippen molar-refractivity contribution in [3.05, 3.63) is 107 Å². The van der Waals surface area contributed by atoms with Gasteiger partial charge in [0.25, 0.3) is 5.91 Å². The van der Waals surface area contributed by atoms with Crippen LogP contribution in [0, 0.1) is 0 Å². The highest BCUT2D eigenvalue weighted by molar-refractivity contribution is 6.31. The largest absolute Gasteiger partial charge is 0.496 e. The van der Waals surface area contributed by atoms with Crippen LogP contribution in [0.25, 0.3) is 11.3 Å². The van der Waals surface area contributed by atoms with E-state index in [9.17, 15) is 9.59 Å². The molecule has 1 aliphatic rings. The first kappa shape index (κ1) is 24.6. The van der Waals surface area contributed by atoms with Gasteiger partial charge in [0, 0.05) is 29.2 Å². The fourth-order valence-electron chi connectivity index (χ4n) is 4.65. The standard InChI is InChI=1S/C29H27ClN4O3/c1-29(28(36)31-17-21-12-7-9-15-26(21)37-2)19-34-25(16-24(32-34)20-10-4-3-5-11-20)27(35)33(29)18-22-13-6-8-14-23(22)30/h3-16H,17-19H2,1-2H3,(H,31,36). The highest BCUT2D eigenvalue weighted by atomic mass is 35.5. The van der Waals surface area contributed by atoms with Gasteiger partial charge in [-0.3, -0.25) is 14.3 Å². The molecule has 1 aromatic heterocycles. The summed E-state index contributed by atoms with van der Waals surface area (Å²) in [5.41, 5.74) is 2.40. The summed E-state index contributed by atoms with van der Waals surface area (Å²) < 4.78 is 7.06. The highest BCUT2D eigenvalue weighted by Gasteiger charge is 2.48. The number of para-hydroxylation sites is 1. The van der Waals surface area contributed by atoms with Crippen LogP contribution >= 0.6 is 11.6 Å². The molecule has 0 saturated carbocycles. The van der Waals surface area contributed by atoms with Gasteiger partial charge in [-0.1, -0.05) is 78.3 Å². The van der Waals surface area contributed by atoms with E-state index in [0.717, 1.165) is 16.7 Å². The monoisotopic (exact) mass is 514 g/mol. The number of fused-ring (bicyclic) bond motifs is 1. The van der Waals surface area contributed by atoms with E-state index < -0.39 is 5.54 Å². The Kier molecular flexibility index (Phi) is 6.72. The zero-order valence-corrected chi connectivity index (χ0v) is 21.4. The van der Waals surface area contributed by atoms with E-state index in [1.165, 1.54) is 0 Å². The molecule has 8 heteroatoms. The lowest BCUT2D eigenvalue weighted by atomic mass is 9.94. The third-order valence-electron chi connectivity index (χ3n) is 6.77. The number of nitrogens with zero attached hydrogens (tertiary/aromatic N) is 3. The van der Waals surface area contributed by atoms with Crippen molar-refractivity contribution in [3.63, 3.8) is 0 Å². The molecule has 1 unspecified atom stereocenters. The van der Waals surface area contributed by atoms with Crippen molar-refractivity contribution in [1.82, 2.24) is 20.0 Å². The number of carbonyl (C=O) groups excluding carboxylic acids is 2. The number of nitrogens with one attached hydrogen (secondary N) is 1. The Morgan fingerprint density at radius 2 is 1.70 bits per heavy atom. The Morgan fingerprint density at radius 3 is 2.43 bits per heavy atom. The first-order chi connectivity index (χ1) is 17.9. The van der Waals surface area contributed by atoms with Crippen LogP contribution in [0.2, 0.25) is 5.02 Å². The van der Waals surface area contributed by atoms with Crippen molar-refractivity contribution in [2.24, 2.45) is 0 Å². The van der Waals surface area contributed by atoms with Crippen molar-refractivity contribution in [1.29, 1.82) is 0 Å². The average molecular weight is 515 g/mol. The van der Waals surface area contributed by atoms with Gasteiger partial charge in [-0.2, -0.15) is 5.10 Å². The summed E-state index contributed by atoms with van der Waals surface area (Å²) in [6.45, 7) is 2.41. The molecule has 3 aromatic carbocycles. The molecular weight excluding hydrogens is 488 g/mol. The van der Waals surface area contributed by atoms with Crippen LogP contribution in [0.3, 0.4) is 0 Å². The second-order valence-corrected chi connectivity index (χ2v) is 9.60. The molecule has 1 aliphatic heterocycles. The highest BCUT2D eigenvalue weighted by Crippen LogP contribution is 2.32. The van der Waals surface area contributed by atoms with Gasteiger partial charge in [-0.05, 0) is 30.7 Å². The molecule has 0 spiro atoms. The summed E-state index contributed by atoms with van der Waals surface area (Å²) >= 11 is 6.45. The Balaban J connectivity index is 1.50. The number of amides is 2. The number of aromatic nitrogens is 2. The topological polar surface area (TPSA) is 76.5 Å². The number of halogens is 1. The molecule has 2 amide bonds. The van der Waals surface area contributed by atoms with Crippen LogP contribution in [-0.4, -0.2) is 39.1 Å². The molecule has 7 nitrogen and oxygen atoms in total. The van der Waals surface area contributed by atoms with Crippen LogP contribution < -0.4 is 10.1 Å². The van der Waals surface area contributed by atoms with Crippen LogP contribution in [0.15, 0.2) is 84.9 Å². The maximum atomic E-state index is 13.9. The lowest BCUT2D eigenvalue weighted by molar-refractivity contribution is -0.133. The van der Waals surface area contributed by atoms with E-state index in [4.69, 9.17) is 21.4 Å². The predicted molar refractivity (Wildman–Crippen MR) is 142 cm³/mol. The van der Waals surface area contributed by atoms with E-state index in [0.29, 0.717) is 22.2 Å². The number of methoxy groups -OCH3 is 1. The summed E-state index contributed by atoms with van der Waals surface area (Å²) in [6.07, 6.45) is 0. The Hall–Kier alpha value is -4.10. The SMILES string of the molecule is COc1ccccc1CNC(=O)C1(C)Cn2nc(-c3ccccc3)cc2C(=O)N1Cc1ccccc1Cl. The maximum absolute atomic E-state index is 13.9. The van der Waals surface area contributed by atoms with Crippen molar-refractivity contribution < 1.29 is 14.3 Å². The minimum absolute atomic E-state index is 0.183. The fourth-order valence-corrected chi connectivity index (χ4v) is 4.85. The molecule has 0 fully saturated rings. The molecule has 1 atom stereocenters. The van der Waals surface area contributed by atoms with Gasteiger partial charge >= 0.3 is 0 Å². The second-order valence-electron chi connectivity index (χ2n) is 9.19. The van der Waals surface area contributed by atoms with Gasteiger partial charge in [0.1, 0.15) is 17.0 Å². The van der Waals surface area contributed by atoms with E-state index >= 15 is 0 Å². The van der Waals surface area contributed by atoms with Crippen LogP contribution in [0.1, 0.15) is 28.5 Å². The van der Waals surface area contributed by atoms with Crippen LogP contribution in [0.5, 0.6) is 5.75 Å². The quantitative estimate of drug-likeness (QED) is 0.379. The van der Waals surface area contributed by atoms with Gasteiger partial charge in [0.15, 0.2) is 0 Å². The second kappa shape index (κ2) is 10.1. The summed E-state index contributed by atoms with van der Waals surface area (Å²) in [6, 6.07) is 26.3. The minimum atomic E-state index is -1.22. The average Bonchev–Trinajstić information content (AvgIpc) is 3.35. The normalized spacial score (nSPS) is 16.8. The zero-order chi connectivity index (χ0) is 26.0. The number of carbonyl (C=O) groups is 2. The molecule has 0 radical (unpaired) electrons.